The number of hydrogen-bond acceptors (Lipinski definition) is 4. The number of rotatable bonds is 3. The van der Waals surface area contributed by atoms with E-state index in [0.717, 1.165) is 43.2 Å². The molecule has 0 saturated carbocycles. The lowest BCUT2D eigenvalue weighted by Crippen LogP contribution is -2.44. The van der Waals surface area contributed by atoms with Crippen LogP contribution in [0.3, 0.4) is 0 Å². The molecule has 1 aromatic rings. The standard InChI is InChI=1S/C14H20N2O2/c1-11(17)13-5-4-12(18-3)10-14(13)16-8-6-15(2)7-9-16/h4-5,10H,6-9H2,1-3H3. The molecule has 1 heterocycles. The Morgan fingerprint density at radius 2 is 1.89 bits per heavy atom. The predicted octanol–water partition coefficient (Wildman–Crippen LogP) is 1.65. The van der Waals surface area contributed by atoms with Gasteiger partial charge in [-0.15, -0.1) is 0 Å². The largest absolute Gasteiger partial charge is 0.497 e. The summed E-state index contributed by atoms with van der Waals surface area (Å²) in [5, 5.41) is 0. The van der Waals surface area contributed by atoms with Crippen LogP contribution in [0, 0.1) is 0 Å². The van der Waals surface area contributed by atoms with Gasteiger partial charge in [0.05, 0.1) is 12.8 Å². The maximum Gasteiger partial charge on any atom is 0.161 e. The Balaban J connectivity index is 2.31. The first kappa shape index (κ1) is 12.9. The van der Waals surface area contributed by atoms with Gasteiger partial charge in [0, 0.05) is 37.8 Å². The molecule has 2 rings (SSSR count). The smallest absolute Gasteiger partial charge is 0.161 e. The first-order valence-electron chi connectivity index (χ1n) is 6.24. The molecule has 1 aromatic carbocycles. The van der Waals surface area contributed by atoms with Crippen molar-refractivity contribution in [2.45, 2.75) is 6.92 Å². The lowest BCUT2D eigenvalue weighted by Gasteiger charge is -2.35. The van der Waals surface area contributed by atoms with Crippen LogP contribution in [-0.4, -0.2) is 51.0 Å². The molecule has 1 aliphatic heterocycles. The van der Waals surface area contributed by atoms with E-state index in [-0.39, 0.29) is 5.78 Å². The van der Waals surface area contributed by atoms with E-state index >= 15 is 0 Å². The molecular formula is C14H20N2O2. The minimum absolute atomic E-state index is 0.103. The highest BCUT2D eigenvalue weighted by Gasteiger charge is 2.19. The van der Waals surface area contributed by atoms with Crippen molar-refractivity contribution < 1.29 is 9.53 Å². The van der Waals surface area contributed by atoms with Crippen molar-refractivity contribution in [2.75, 3.05) is 45.2 Å². The number of piperazine rings is 1. The summed E-state index contributed by atoms with van der Waals surface area (Å²) in [4.78, 5) is 16.3. The molecule has 0 unspecified atom stereocenters. The van der Waals surface area contributed by atoms with Crippen LogP contribution >= 0.6 is 0 Å². The van der Waals surface area contributed by atoms with E-state index in [1.165, 1.54) is 0 Å². The quantitative estimate of drug-likeness (QED) is 0.761. The van der Waals surface area contributed by atoms with Gasteiger partial charge >= 0.3 is 0 Å². The molecular weight excluding hydrogens is 228 g/mol. The zero-order valence-electron chi connectivity index (χ0n) is 11.3. The second-order valence-corrected chi connectivity index (χ2v) is 4.73. The second-order valence-electron chi connectivity index (χ2n) is 4.73. The number of likely N-dealkylation sites (N-methyl/N-ethyl adjacent to an activating group) is 1. The van der Waals surface area contributed by atoms with E-state index in [1.54, 1.807) is 14.0 Å². The Morgan fingerprint density at radius 1 is 1.22 bits per heavy atom. The van der Waals surface area contributed by atoms with Crippen molar-refractivity contribution in [1.29, 1.82) is 0 Å². The highest BCUT2D eigenvalue weighted by Crippen LogP contribution is 2.27. The van der Waals surface area contributed by atoms with Crippen LogP contribution in [0.5, 0.6) is 5.75 Å². The maximum atomic E-state index is 11.7. The monoisotopic (exact) mass is 248 g/mol. The molecule has 98 valence electrons. The number of methoxy groups -OCH3 is 1. The van der Waals surface area contributed by atoms with Crippen molar-refractivity contribution in [3.05, 3.63) is 23.8 Å². The van der Waals surface area contributed by atoms with E-state index in [2.05, 4.69) is 16.8 Å². The Morgan fingerprint density at radius 3 is 2.44 bits per heavy atom. The average molecular weight is 248 g/mol. The third-order valence-electron chi connectivity index (χ3n) is 3.43. The number of Topliss-reactive ketones (excluding diaryl/α,β-unsaturated/α-hetero) is 1. The van der Waals surface area contributed by atoms with Gasteiger partial charge in [-0.05, 0) is 26.1 Å². The lowest BCUT2D eigenvalue weighted by molar-refractivity contribution is 0.101. The zero-order valence-corrected chi connectivity index (χ0v) is 11.3. The number of anilines is 1. The third kappa shape index (κ3) is 2.64. The van der Waals surface area contributed by atoms with Gasteiger partial charge in [0.15, 0.2) is 5.78 Å². The number of ether oxygens (including phenoxy) is 1. The molecule has 0 atom stereocenters. The molecule has 0 radical (unpaired) electrons. The SMILES string of the molecule is COc1ccc(C(C)=O)c(N2CCN(C)CC2)c1. The van der Waals surface area contributed by atoms with Gasteiger partial charge in [-0.25, -0.2) is 0 Å². The van der Waals surface area contributed by atoms with E-state index in [0.29, 0.717) is 0 Å². The molecule has 1 fully saturated rings. The Hall–Kier alpha value is -1.55. The van der Waals surface area contributed by atoms with Gasteiger partial charge in [-0.3, -0.25) is 4.79 Å². The van der Waals surface area contributed by atoms with Crippen LogP contribution in [0.25, 0.3) is 0 Å². The molecule has 4 heteroatoms. The highest BCUT2D eigenvalue weighted by atomic mass is 16.5. The molecule has 0 N–H and O–H groups in total. The van der Waals surface area contributed by atoms with Crippen molar-refractivity contribution in [3.63, 3.8) is 0 Å². The molecule has 1 aliphatic rings. The summed E-state index contributed by atoms with van der Waals surface area (Å²) in [6.07, 6.45) is 0. The lowest BCUT2D eigenvalue weighted by atomic mass is 10.1. The number of hydrogen-bond donors (Lipinski definition) is 0. The summed E-state index contributed by atoms with van der Waals surface area (Å²) in [5.41, 5.74) is 1.77. The van der Waals surface area contributed by atoms with Crippen molar-refractivity contribution in [1.82, 2.24) is 4.90 Å². The summed E-state index contributed by atoms with van der Waals surface area (Å²) in [6, 6.07) is 5.66. The van der Waals surface area contributed by atoms with E-state index in [9.17, 15) is 4.79 Å². The van der Waals surface area contributed by atoms with E-state index in [1.807, 2.05) is 18.2 Å². The molecule has 0 amide bonds. The molecule has 4 nitrogen and oxygen atoms in total. The van der Waals surface area contributed by atoms with Crippen LogP contribution in [0.2, 0.25) is 0 Å². The first-order valence-corrected chi connectivity index (χ1v) is 6.24. The fourth-order valence-corrected chi connectivity index (χ4v) is 2.25. The Labute approximate surface area is 108 Å². The third-order valence-corrected chi connectivity index (χ3v) is 3.43. The van der Waals surface area contributed by atoms with Crippen LogP contribution < -0.4 is 9.64 Å². The fourth-order valence-electron chi connectivity index (χ4n) is 2.25. The highest BCUT2D eigenvalue weighted by molar-refractivity contribution is 6.00. The Bertz CT molecular complexity index is 437. The van der Waals surface area contributed by atoms with Crippen LogP contribution in [0.1, 0.15) is 17.3 Å². The van der Waals surface area contributed by atoms with Crippen LogP contribution in [0.15, 0.2) is 18.2 Å². The van der Waals surface area contributed by atoms with Gasteiger partial charge in [0.2, 0.25) is 0 Å². The van der Waals surface area contributed by atoms with Gasteiger partial charge in [0.25, 0.3) is 0 Å². The van der Waals surface area contributed by atoms with Crippen molar-refractivity contribution >= 4 is 11.5 Å². The molecule has 0 spiro atoms. The number of nitrogens with zero attached hydrogens (tertiary/aromatic N) is 2. The van der Waals surface area contributed by atoms with E-state index in [4.69, 9.17) is 4.74 Å². The number of benzene rings is 1. The van der Waals surface area contributed by atoms with Crippen LogP contribution in [0.4, 0.5) is 5.69 Å². The summed E-state index contributed by atoms with van der Waals surface area (Å²) < 4.78 is 5.25. The van der Waals surface area contributed by atoms with Gasteiger partial charge in [-0.1, -0.05) is 0 Å². The van der Waals surface area contributed by atoms with Crippen LogP contribution in [-0.2, 0) is 0 Å². The first-order chi connectivity index (χ1) is 8.61. The van der Waals surface area contributed by atoms with E-state index < -0.39 is 0 Å². The minimum Gasteiger partial charge on any atom is -0.497 e. The zero-order chi connectivity index (χ0) is 13.1. The predicted molar refractivity (Wildman–Crippen MR) is 72.7 cm³/mol. The normalized spacial score (nSPS) is 16.7. The Kier molecular flexibility index (Phi) is 3.87. The van der Waals surface area contributed by atoms with Crippen molar-refractivity contribution in [2.24, 2.45) is 0 Å². The van der Waals surface area contributed by atoms with Gasteiger partial charge < -0.3 is 14.5 Å². The molecule has 0 aliphatic carbocycles. The molecule has 0 aromatic heterocycles. The maximum absolute atomic E-state index is 11.7. The fraction of sp³-hybridized carbons (Fsp3) is 0.500. The topological polar surface area (TPSA) is 32.8 Å². The minimum atomic E-state index is 0.103. The molecule has 1 saturated heterocycles. The molecule has 18 heavy (non-hydrogen) atoms. The number of carbonyl (C=O) groups is 1. The average Bonchev–Trinajstić information content (AvgIpc) is 2.38. The van der Waals surface area contributed by atoms with Crippen molar-refractivity contribution in [3.8, 4) is 5.75 Å². The summed E-state index contributed by atoms with van der Waals surface area (Å²) >= 11 is 0. The van der Waals surface area contributed by atoms with Gasteiger partial charge in [-0.2, -0.15) is 0 Å². The summed E-state index contributed by atoms with van der Waals surface area (Å²) in [5.74, 6) is 0.903. The molecule has 0 bridgehead atoms. The van der Waals surface area contributed by atoms with Gasteiger partial charge in [0.1, 0.15) is 5.75 Å². The summed E-state index contributed by atoms with van der Waals surface area (Å²) in [6.45, 7) is 5.55. The number of carbonyl (C=O) groups excluding carboxylic acids is 1. The summed E-state index contributed by atoms with van der Waals surface area (Å²) in [7, 11) is 3.77. The number of ketones is 1. The second kappa shape index (κ2) is 5.40.